The molecule has 0 radical (unpaired) electrons. The Morgan fingerprint density at radius 1 is 1.19 bits per heavy atom. The van der Waals surface area contributed by atoms with E-state index in [1.807, 2.05) is 13.8 Å². The van der Waals surface area contributed by atoms with Crippen molar-refractivity contribution >= 4 is 10.9 Å². The number of hydrogen-bond acceptors (Lipinski definition) is 3. The molecule has 0 aliphatic carbocycles. The van der Waals surface area contributed by atoms with E-state index in [2.05, 4.69) is 61.4 Å². The summed E-state index contributed by atoms with van der Waals surface area (Å²) in [6, 6.07) is 10.8. The summed E-state index contributed by atoms with van der Waals surface area (Å²) in [6.45, 7) is 12.1. The summed E-state index contributed by atoms with van der Waals surface area (Å²) >= 11 is 0. The first-order chi connectivity index (χ1) is 9.97. The molecule has 0 spiro atoms. The number of benzene rings is 1. The largest absolute Gasteiger partial charge is 0.374 e. The van der Waals surface area contributed by atoms with Gasteiger partial charge in [0.05, 0.1) is 17.2 Å². The van der Waals surface area contributed by atoms with Gasteiger partial charge in [-0.1, -0.05) is 19.1 Å². The molecule has 0 amide bonds. The van der Waals surface area contributed by atoms with Crippen LogP contribution in [-0.4, -0.2) is 23.7 Å². The van der Waals surface area contributed by atoms with Crippen molar-refractivity contribution in [2.75, 3.05) is 13.2 Å². The Kier molecular flexibility index (Phi) is 4.96. The lowest BCUT2D eigenvalue weighted by molar-refractivity contribution is -0.0388. The highest BCUT2D eigenvalue weighted by Gasteiger charge is 2.30. The van der Waals surface area contributed by atoms with Crippen LogP contribution in [0, 0.1) is 6.92 Å². The number of ether oxygens (including phenoxy) is 1. The number of fused-ring (bicyclic) bond motifs is 1. The third kappa shape index (κ3) is 3.60. The van der Waals surface area contributed by atoms with Gasteiger partial charge in [0.15, 0.2) is 0 Å². The average molecular weight is 286 g/mol. The predicted octanol–water partition coefficient (Wildman–Crippen LogP) is 4.01. The topological polar surface area (TPSA) is 34.2 Å². The SMILES string of the molecule is CCNC(c1ccc2nc(C)ccc2c1)C(C)(C)OCC. The van der Waals surface area contributed by atoms with Crippen molar-refractivity contribution in [3.63, 3.8) is 0 Å². The molecule has 1 heterocycles. The number of likely N-dealkylation sites (N-methyl/N-ethyl adjacent to an activating group) is 1. The minimum Gasteiger partial charge on any atom is -0.374 e. The first-order valence-electron chi connectivity index (χ1n) is 7.72. The van der Waals surface area contributed by atoms with E-state index in [9.17, 15) is 0 Å². The van der Waals surface area contributed by atoms with Crippen molar-refractivity contribution in [1.82, 2.24) is 10.3 Å². The predicted molar refractivity (Wildman–Crippen MR) is 88.6 cm³/mol. The van der Waals surface area contributed by atoms with Crippen LogP contribution in [0.15, 0.2) is 30.3 Å². The molecule has 2 rings (SSSR count). The molecule has 0 bridgehead atoms. The zero-order valence-electron chi connectivity index (χ0n) is 13.7. The second-order valence-electron chi connectivity index (χ2n) is 5.93. The van der Waals surface area contributed by atoms with E-state index in [-0.39, 0.29) is 11.6 Å². The van der Waals surface area contributed by atoms with E-state index < -0.39 is 0 Å². The summed E-state index contributed by atoms with van der Waals surface area (Å²) < 4.78 is 5.95. The van der Waals surface area contributed by atoms with E-state index >= 15 is 0 Å². The van der Waals surface area contributed by atoms with Gasteiger partial charge in [-0.3, -0.25) is 4.98 Å². The van der Waals surface area contributed by atoms with E-state index in [0.29, 0.717) is 6.61 Å². The zero-order valence-corrected chi connectivity index (χ0v) is 13.7. The Balaban J connectivity index is 2.42. The number of pyridine rings is 1. The second-order valence-corrected chi connectivity index (χ2v) is 5.93. The van der Waals surface area contributed by atoms with Crippen LogP contribution >= 0.6 is 0 Å². The lowest BCUT2D eigenvalue weighted by Gasteiger charge is -2.35. The van der Waals surface area contributed by atoms with E-state index in [1.54, 1.807) is 0 Å². The van der Waals surface area contributed by atoms with E-state index in [1.165, 1.54) is 10.9 Å². The van der Waals surface area contributed by atoms with Gasteiger partial charge < -0.3 is 10.1 Å². The molecule has 0 aliphatic heterocycles. The number of hydrogen-bond donors (Lipinski definition) is 1. The number of aromatic nitrogens is 1. The minimum atomic E-state index is -0.253. The average Bonchev–Trinajstić information content (AvgIpc) is 2.44. The molecule has 3 nitrogen and oxygen atoms in total. The van der Waals surface area contributed by atoms with Crippen molar-refractivity contribution in [3.8, 4) is 0 Å². The summed E-state index contributed by atoms with van der Waals surface area (Å²) in [5, 5.41) is 4.73. The van der Waals surface area contributed by atoms with E-state index in [4.69, 9.17) is 4.74 Å². The van der Waals surface area contributed by atoms with Gasteiger partial charge in [-0.05, 0) is 58.0 Å². The number of nitrogens with zero attached hydrogens (tertiary/aromatic N) is 1. The second kappa shape index (κ2) is 6.54. The number of rotatable bonds is 6. The van der Waals surface area contributed by atoms with Crippen molar-refractivity contribution in [2.45, 2.75) is 46.3 Å². The van der Waals surface area contributed by atoms with Crippen LogP contribution in [0.5, 0.6) is 0 Å². The van der Waals surface area contributed by atoms with Gasteiger partial charge in [0.2, 0.25) is 0 Å². The van der Waals surface area contributed by atoms with Crippen LogP contribution < -0.4 is 5.32 Å². The summed E-state index contributed by atoms with van der Waals surface area (Å²) in [6.07, 6.45) is 0. The van der Waals surface area contributed by atoms with Crippen molar-refractivity contribution in [2.24, 2.45) is 0 Å². The van der Waals surface area contributed by atoms with Gasteiger partial charge in [-0.15, -0.1) is 0 Å². The molecule has 0 saturated heterocycles. The number of nitrogens with one attached hydrogen (secondary N) is 1. The molecule has 1 atom stereocenters. The fourth-order valence-electron chi connectivity index (χ4n) is 2.85. The molecule has 0 saturated carbocycles. The molecule has 1 unspecified atom stereocenters. The van der Waals surface area contributed by atoms with Crippen LogP contribution in [0.2, 0.25) is 0 Å². The van der Waals surface area contributed by atoms with E-state index in [0.717, 1.165) is 17.8 Å². The Morgan fingerprint density at radius 3 is 2.62 bits per heavy atom. The maximum atomic E-state index is 5.95. The summed E-state index contributed by atoms with van der Waals surface area (Å²) in [7, 11) is 0. The fourth-order valence-corrected chi connectivity index (χ4v) is 2.85. The Hall–Kier alpha value is -1.45. The minimum absolute atomic E-state index is 0.160. The van der Waals surface area contributed by atoms with Gasteiger partial charge in [-0.25, -0.2) is 0 Å². The molecule has 1 aromatic heterocycles. The molecule has 0 aliphatic rings. The normalized spacial score (nSPS) is 13.6. The highest BCUT2D eigenvalue weighted by Crippen LogP contribution is 2.30. The summed E-state index contributed by atoms with van der Waals surface area (Å²) in [5.74, 6) is 0. The first kappa shape index (κ1) is 15.9. The van der Waals surface area contributed by atoms with Crippen LogP contribution in [0.4, 0.5) is 0 Å². The summed E-state index contributed by atoms with van der Waals surface area (Å²) in [4.78, 5) is 4.57. The Bertz CT molecular complexity index is 607. The fraction of sp³-hybridized carbons (Fsp3) is 0.500. The Morgan fingerprint density at radius 2 is 1.95 bits per heavy atom. The smallest absolute Gasteiger partial charge is 0.0820 e. The van der Waals surface area contributed by atoms with Crippen molar-refractivity contribution < 1.29 is 4.74 Å². The molecule has 1 N–H and O–H groups in total. The molecule has 3 heteroatoms. The van der Waals surface area contributed by atoms with Crippen LogP contribution in [0.3, 0.4) is 0 Å². The zero-order chi connectivity index (χ0) is 15.5. The monoisotopic (exact) mass is 286 g/mol. The quantitative estimate of drug-likeness (QED) is 0.871. The summed E-state index contributed by atoms with van der Waals surface area (Å²) in [5.41, 5.74) is 3.08. The standard InChI is InChI=1S/C18H26N2O/c1-6-19-17(18(4,5)21-7-2)15-10-11-16-14(12-15)9-8-13(3)20-16/h8-12,17,19H,6-7H2,1-5H3. The highest BCUT2D eigenvalue weighted by molar-refractivity contribution is 5.79. The van der Waals surface area contributed by atoms with Crippen LogP contribution in [0.1, 0.15) is 45.0 Å². The van der Waals surface area contributed by atoms with Crippen LogP contribution in [0.25, 0.3) is 10.9 Å². The molecule has 21 heavy (non-hydrogen) atoms. The van der Waals surface area contributed by atoms with Gasteiger partial charge in [0.1, 0.15) is 0 Å². The molecule has 1 aromatic carbocycles. The molecule has 2 aromatic rings. The molecular formula is C18H26N2O. The third-order valence-corrected chi connectivity index (χ3v) is 3.81. The Labute approximate surface area is 127 Å². The molecule has 114 valence electrons. The van der Waals surface area contributed by atoms with Gasteiger partial charge >= 0.3 is 0 Å². The molecular weight excluding hydrogens is 260 g/mol. The maximum Gasteiger partial charge on any atom is 0.0820 e. The van der Waals surface area contributed by atoms with Crippen molar-refractivity contribution in [3.05, 3.63) is 41.6 Å². The van der Waals surface area contributed by atoms with Crippen molar-refractivity contribution in [1.29, 1.82) is 0 Å². The van der Waals surface area contributed by atoms with Gasteiger partial charge in [0.25, 0.3) is 0 Å². The maximum absolute atomic E-state index is 5.95. The third-order valence-electron chi connectivity index (χ3n) is 3.81. The molecule has 0 fully saturated rings. The van der Waals surface area contributed by atoms with Crippen LogP contribution in [-0.2, 0) is 4.74 Å². The van der Waals surface area contributed by atoms with Gasteiger partial charge in [0, 0.05) is 17.7 Å². The van der Waals surface area contributed by atoms with Gasteiger partial charge in [-0.2, -0.15) is 0 Å². The number of aryl methyl sites for hydroxylation is 1. The first-order valence-corrected chi connectivity index (χ1v) is 7.72. The lowest BCUT2D eigenvalue weighted by atomic mass is 9.90. The highest BCUT2D eigenvalue weighted by atomic mass is 16.5. The lowest BCUT2D eigenvalue weighted by Crippen LogP contribution is -2.41.